The van der Waals surface area contributed by atoms with Gasteiger partial charge in [0, 0.05) is 19.4 Å². The maximum absolute atomic E-state index is 14.1. The van der Waals surface area contributed by atoms with E-state index in [-0.39, 0.29) is 24.7 Å². The topological polar surface area (TPSA) is 193 Å². The van der Waals surface area contributed by atoms with Crippen LogP contribution in [0.4, 0.5) is 0 Å². The minimum atomic E-state index is -1.61. The van der Waals surface area contributed by atoms with Crippen molar-refractivity contribution >= 4 is 23.7 Å². The third-order valence-electron chi connectivity index (χ3n) is 11.8. The van der Waals surface area contributed by atoms with Crippen LogP contribution in [0.1, 0.15) is 201 Å². The number of hydrogen-bond acceptors (Lipinski definition) is 10. The Morgan fingerprint density at radius 3 is 1.41 bits per heavy atom. The summed E-state index contributed by atoms with van der Waals surface area (Å²) in [7, 11) is 2.66. The minimum absolute atomic E-state index is 0.0355. The molecule has 7 atom stereocenters. The zero-order valence-electron chi connectivity index (χ0n) is 37.8. The van der Waals surface area contributed by atoms with Crippen molar-refractivity contribution in [1.29, 1.82) is 0 Å². The second kappa shape index (κ2) is 35.3. The predicted molar refractivity (Wildman–Crippen MR) is 232 cm³/mol. The SMILES string of the molecule is CCCCCCCCCCCCCCC(CCCCCCCCCCCCCC)C(=O)N[C@H](COC1OC(C)C(O)C(O)C1O)C(=O)N[C@@H](CCC(=O)OC)C(=O)NC. The molecule has 0 saturated carbocycles. The summed E-state index contributed by atoms with van der Waals surface area (Å²) in [5.41, 5.74) is 0. The molecule has 0 aromatic rings. The number of ether oxygens (including phenoxy) is 3. The number of unbranched alkanes of at least 4 members (excludes halogenated alkanes) is 22. The molecule has 13 heteroatoms. The number of carbonyl (C=O) groups excluding carboxylic acids is 4. The Hall–Kier alpha value is -2.32. The van der Waals surface area contributed by atoms with E-state index in [1.165, 1.54) is 137 Å². The normalized spacial score (nSPS) is 20.3. The van der Waals surface area contributed by atoms with Crippen LogP contribution >= 0.6 is 0 Å². The van der Waals surface area contributed by atoms with Gasteiger partial charge < -0.3 is 45.5 Å². The fourth-order valence-electron chi connectivity index (χ4n) is 7.76. The van der Waals surface area contributed by atoms with E-state index in [2.05, 4.69) is 29.8 Å². The standard InChI is InChI=1S/C46H87N3O10/c1-6-8-10-12-14-16-18-20-22-24-26-28-30-36(31-29-27-25-23-21-19-17-15-13-11-9-7-2)43(54)49-38(34-58-46-42(53)41(52)40(51)35(3)59-46)45(56)48-37(44(55)47-4)32-33-39(50)57-5/h35-38,40-42,46,51-53H,6-34H2,1-5H3,(H,47,55)(H,48,56)(H,49,54)/t35?,37-,38+,40?,41?,42?,46?/m0/s1. The van der Waals surface area contributed by atoms with Crippen molar-refractivity contribution < 1.29 is 48.7 Å². The van der Waals surface area contributed by atoms with Gasteiger partial charge in [-0.05, 0) is 26.2 Å². The highest BCUT2D eigenvalue weighted by molar-refractivity contribution is 5.92. The Morgan fingerprint density at radius 1 is 0.559 bits per heavy atom. The van der Waals surface area contributed by atoms with E-state index in [0.717, 1.165) is 38.5 Å². The summed E-state index contributed by atoms with van der Waals surface area (Å²) < 4.78 is 16.1. The molecule has 346 valence electrons. The Morgan fingerprint density at radius 2 is 0.983 bits per heavy atom. The van der Waals surface area contributed by atoms with E-state index in [4.69, 9.17) is 14.2 Å². The van der Waals surface area contributed by atoms with Crippen LogP contribution in [0.5, 0.6) is 0 Å². The van der Waals surface area contributed by atoms with Crippen LogP contribution in [0.15, 0.2) is 0 Å². The highest BCUT2D eigenvalue weighted by Crippen LogP contribution is 2.23. The molecule has 0 aromatic heterocycles. The van der Waals surface area contributed by atoms with Crippen molar-refractivity contribution in [3.63, 3.8) is 0 Å². The van der Waals surface area contributed by atoms with Crippen LogP contribution in [-0.4, -0.2) is 103 Å². The van der Waals surface area contributed by atoms with Crippen LogP contribution < -0.4 is 16.0 Å². The molecule has 0 spiro atoms. The maximum Gasteiger partial charge on any atom is 0.305 e. The number of carbonyl (C=O) groups is 4. The molecule has 1 heterocycles. The predicted octanol–water partition coefficient (Wildman–Crippen LogP) is 7.30. The van der Waals surface area contributed by atoms with Gasteiger partial charge in [0.2, 0.25) is 17.7 Å². The Bertz CT molecular complexity index is 1070. The van der Waals surface area contributed by atoms with Gasteiger partial charge in [0.25, 0.3) is 0 Å². The van der Waals surface area contributed by atoms with E-state index >= 15 is 0 Å². The van der Waals surface area contributed by atoms with Gasteiger partial charge in [-0.25, -0.2) is 0 Å². The van der Waals surface area contributed by atoms with Gasteiger partial charge in [-0.2, -0.15) is 0 Å². The Balaban J connectivity index is 2.96. The summed E-state index contributed by atoms with van der Waals surface area (Å²) in [6, 6.07) is -2.40. The molecule has 1 saturated heterocycles. The van der Waals surface area contributed by atoms with Gasteiger partial charge >= 0.3 is 5.97 Å². The van der Waals surface area contributed by atoms with Crippen molar-refractivity contribution in [3.8, 4) is 0 Å². The first-order chi connectivity index (χ1) is 28.5. The van der Waals surface area contributed by atoms with Crippen LogP contribution in [0.3, 0.4) is 0 Å². The molecule has 1 aliphatic rings. The summed E-state index contributed by atoms with van der Waals surface area (Å²) in [6.45, 7) is 5.56. The van der Waals surface area contributed by atoms with Crippen molar-refractivity contribution in [3.05, 3.63) is 0 Å². The minimum Gasteiger partial charge on any atom is -0.469 e. The first kappa shape index (κ1) is 54.7. The van der Waals surface area contributed by atoms with Gasteiger partial charge in [0.1, 0.15) is 30.4 Å². The number of methoxy groups -OCH3 is 1. The summed E-state index contributed by atoms with van der Waals surface area (Å²) >= 11 is 0. The lowest BCUT2D eigenvalue weighted by Gasteiger charge is -2.39. The van der Waals surface area contributed by atoms with Crippen LogP contribution in [0.2, 0.25) is 0 Å². The molecular weight excluding hydrogens is 755 g/mol. The molecule has 13 nitrogen and oxygen atoms in total. The smallest absolute Gasteiger partial charge is 0.305 e. The number of hydrogen-bond donors (Lipinski definition) is 6. The average Bonchev–Trinajstić information content (AvgIpc) is 3.23. The molecule has 1 aliphatic heterocycles. The number of aliphatic hydroxyl groups is 3. The number of amides is 3. The van der Waals surface area contributed by atoms with E-state index in [9.17, 15) is 34.5 Å². The zero-order valence-corrected chi connectivity index (χ0v) is 37.8. The molecular formula is C46H87N3O10. The number of aliphatic hydroxyl groups excluding tert-OH is 3. The third-order valence-corrected chi connectivity index (χ3v) is 11.8. The van der Waals surface area contributed by atoms with Crippen LogP contribution in [-0.2, 0) is 33.4 Å². The quantitative estimate of drug-likeness (QED) is 0.0273. The van der Waals surface area contributed by atoms with Crippen molar-refractivity contribution in [1.82, 2.24) is 16.0 Å². The van der Waals surface area contributed by atoms with Gasteiger partial charge in [-0.3, -0.25) is 19.2 Å². The zero-order chi connectivity index (χ0) is 43.7. The highest BCUT2D eigenvalue weighted by atomic mass is 16.7. The lowest BCUT2D eigenvalue weighted by Crippen LogP contribution is -2.59. The fourth-order valence-corrected chi connectivity index (χ4v) is 7.76. The third kappa shape index (κ3) is 25.3. The van der Waals surface area contributed by atoms with Crippen molar-refractivity contribution in [2.75, 3.05) is 20.8 Å². The molecule has 5 unspecified atom stereocenters. The van der Waals surface area contributed by atoms with Crippen molar-refractivity contribution in [2.24, 2.45) is 5.92 Å². The highest BCUT2D eigenvalue weighted by Gasteiger charge is 2.43. The van der Waals surface area contributed by atoms with E-state index in [0.29, 0.717) is 12.8 Å². The molecule has 0 aliphatic carbocycles. The van der Waals surface area contributed by atoms with Gasteiger partial charge in [-0.1, -0.05) is 168 Å². The first-order valence-corrected chi connectivity index (χ1v) is 23.7. The second-order valence-electron chi connectivity index (χ2n) is 16.9. The lowest BCUT2D eigenvalue weighted by atomic mass is 9.92. The number of likely N-dealkylation sites (N-methyl/N-ethyl adjacent to an activating group) is 1. The van der Waals surface area contributed by atoms with E-state index in [1.807, 2.05) is 0 Å². The molecule has 0 radical (unpaired) electrons. The van der Waals surface area contributed by atoms with E-state index < -0.39 is 67.2 Å². The first-order valence-electron chi connectivity index (χ1n) is 23.7. The molecule has 6 N–H and O–H groups in total. The monoisotopic (exact) mass is 842 g/mol. The number of esters is 1. The average molecular weight is 842 g/mol. The van der Waals surface area contributed by atoms with Crippen molar-refractivity contribution in [2.45, 2.75) is 243 Å². The number of nitrogens with one attached hydrogen (secondary N) is 3. The van der Waals surface area contributed by atoms with Gasteiger partial charge in [-0.15, -0.1) is 0 Å². The summed E-state index contributed by atoms with van der Waals surface area (Å²) in [4.78, 5) is 52.5. The molecule has 3 amide bonds. The summed E-state index contributed by atoms with van der Waals surface area (Å²) in [6.07, 6.45) is 23.7. The molecule has 1 rings (SSSR count). The molecule has 0 aromatic carbocycles. The molecule has 1 fully saturated rings. The summed E-state index contributed by atoms with van der Waals surface area (Å²) in [5, 5.41) is 39.1. The van der Waals surface area contributed by atoms with Crippen LogP contribution in [0.25, 0.3) is 0 Å². The largest absolute Gasteiger partial charge is 0.469 e. The molecule has 59 heavy (non-hydrogen) atoms. The lowest BCUT2D eigenvalue weighted by molar-refractivity contribution is -0.293. The Kier molecular flexibility index (Phi) is 32.7. The maximum atomic E-state index is 14.1. The fraction of sp³-hybridized carbons (Fsp3) is 0.913. The van der Waals surface area contributed by atoms with Gasteiger partial charge in [0.15, 0.2) is 6.29 Å². The van der Waals surface area contributed by atoms with Gasteiger partial charge in [0.05, 0.1) is 19.8 Å². The molecule has 0 bridgehead atoms. The van der Waals surface area contributed by atoms with E-state index in [1.54, 1.807) is 0 Å². The van der Waals surface area contributed by atoms with Crippen LogP contribution in [0, 0.1) is 5.92 Å². The Labute approximate surface area is 357 Å². The number of rotatable bonds is 37. The second-order valence-corrected chi connectivity index (χ2v) is 16.9. The summed E-state index contributed by atoms with van der Waals surface area (Å²) in [5.74, 6) is -2.41.